The molecule has 0 heterocycles. The smallest absolute Gasteiger partial charge is 0.416 e. The lowest BCUT2D eigenvalue weighted by Gasteiger charge is -2.11. The minimum Gasteiger partial charge on any atom is -0.508 e. The molecule has 0 aliphatic rings. The summed E-state index contributed by atoms with van der Waals surface area (Å²) in [5.41, 5.74) is -0.845. The first-order chi connectivity index (χ1) is 10.3. The third kappa shape index (κ3) is 3.69. The van der Waals surface area contributed by atoms with Gasteiger partial charge in [-0.2, -0.15) is 13.2 Å². The van der Waals surface area contributed by atoms with E-state index < -0.39 is 23.5 Å². The van der Waals surface area contributed by atoms with E-state index in [1.807, 2.05) is 0 Å². The number of alkyl halides is 3. The molecular weight excluding hydrogens is 301 g/mol. The first-order valence-electron chi connectivity index (χ1n) is 6.07. The number of rotatable bonds is 3. The van der Waals surface area contributed by atoms with Gasteiger partial charge < -0.3 is 14.6 Å². The van der Waals surface area contributed by atoms with Crippen LogP contribution >= 0.6 is 0 Å². The van der Waals surface area contributed by atoms with Crippen molar-refractivity contribution in [3.05, 3.63) is 53.6 Å². The summed E-state index contributed by atoms with van der Waals surface area (Å²) in [6, 6.07) is 8.15. The highest BCUT2D eigenvalue weighted by Gasteiger charge is 2.31. The van der Waals surface area contributed by atoms with Gasteiger partial charge in [-0.1, -0.05) is 6.07 Å². The molecule has 0 saturated heterocycles. The molecule has 7 heteroatoms. The predicted octanol–water partition coefficient (Wildman–Crippen LogP) is 3.99. The second kappa shape index (κ2) is 5.97. The quantitative estimate of drug-likeness (QED) is 0.871. The predicted molar refractivity (Wildman–Crippen MR) is 71.0 cm³/mol. The van der Waals surface area contributed by atoms with E-state index in [2.05, 4.69) is 4.74 Å². The van der Waals surface area contributed by atoms with E-state index in [-0.39, 0.29) is 17.1 Å². The van der Waals surface area contributed by atoms with Crippen LogP contribution in [0.1, 0.15) is 15.9 Å². The van der Waals surface area contributed by atoms with Gasteiger partial charge >= 0.3 is 12.1 Å². The maximum atomic E-state index is 12.7. The molecule has 0 spiro atoms. The van der Waals surface area contributed by atoms with E-state index in [9.17, 15) is 23.1 Å². The van der Waals surface area contributed by atoms with Gasteiger partial charge in [-0.3, -0.25) is 0 Å². The largest absolute Gasteiger partial charge is 0.508 e. The number of ether oxygens (including phenoxy) is 2. The molecular formula is C15H11F3O4. The maximum Gasteiger partial charge on any atom is 0.416 e. The fraction of sp³-hybridized carbons (Fsp3) is 0.133. The second-order valence-electron chi connectivity index (χ2n) is 4.33. The lowest BCUT2D eigenvalue weighted by Crippen LogP contribution is -2.05. The Bertz CT molecular complexity index is 695. The lowest BCUT2D eigenvalue weighted by molar-refractivity contribution is -0.137. The van der Waals surface area contributed by atoms with Gasteiger partial charge in [0, 0.05) is 6.07 Å². The summed E-state index contributed by atoms with van der Waals surface area (Å²) in [6.45, 7) is 0. The van der Waals surface area contributed by atoms with Gasteiger partial charge in [0.15, 0.2) is 0 Å². The minimum absolute atomic E-state index is 0.140. The summed E-state index contributed by atoms with van der Waals surface area (Å²) in [5.74, 6) is -1.23. The van der Waals surface area contributed by atoms with Gasteiger partial charge in [0.05, 0.1) is 18.2 Å². The second-order valence-corrected chi connectivity index (χ2v) is 4.33. The molecule has 0 saturated carbocycles. The van der Waals surface area contributed by atoms with Crippen molar-refractivity contribution >= 4 is 5.97 Å². The highest BCUT2D eigenvalue weighted by atomic mass is 19.4. The zero-order valence-corrected chi connectivity index (χ0v) is 11.3. The fourth-order valence-electron chi connectivity index (χ4n) is 1.75. The number of halogens is 3. The van der Waals surface area contributed by atoms with Gasteiger partial charge in [-0.25, -0.2) is 4.79 Å². The molecule has 0 amide bonds. The van der Waals surface area contributed by atoms with Gasteiger partial charge in [0.1, 0.15) is 17.2 Å². The molecule has 1 N–H and O–H groups in total. The Morgan fingerprint density at radius 3 is 2.45 bits per heavy atom. The molecule has 0 bridgehead atoms. The average Bonchev–Trinajstić information content (AvgIpc) is 2.45. The Morgan fingerprint density at radius 1 is 1.09 bits per heavy atom. The van der Waals surface area contributed by atoms with Crippen molar-refractivity contribution in [3.63, 3.8) is 0 Å². The third-order valence-corrected chi connectivity index (χ3v) is 2.71. The number of hydrogen-bond donors (Lipinski definition) is 1. The Hall–Kier alpha value is -2.70. The molecule has 2 rings (SSSR count). The van der Waals surface area contributed by atoms with Gasteiger partial charge in [-0.05, 0) is 30.3 Å². The SMILES string of the molecule is COC(=O)c1cccc(Oc2cc(O)cc(C(F)(F)F)c2)c1. The zero-order chi connectivity index (χ0) is 16.3. The molecule has 0 unspecified atom stereocenters. The van der Waals surface area contributed by atoms with Crippen molar-refractivity contribution in [2.24, 2.45) is 0 Å². The topological polar surface area (TPSA) is 55.8 Å². The van der Waals surface area contributed by atoms with E-state index in [0.717, 1.165) is 12.1 Å². The number of carbonyl (C=O) groups excluding carboxylic acids is 1. The summed E-state index contributed by atoms with van der Waals surface area (Å²) in [6.07, 6.45) is -4.61. The van der Waals surface area contributed by atoms with Crippen molar-refractivity contribution in [1.29, 1.82) is 0 Å². The van der Waals surface area contributed by atoms with Crippen molar-refractivity contribution in [2.75, 3.05) is 7.11 Å². The van der Waals surface area contributed by atoms with Crippen LogP contribution in [0.3, 0.4) is 0 Å². The Labute approximate surface area is 123 Å². The third-order valence-electron chi connectivity index (χ3n) is 2.71. The van der Waals surface area contributed by atoms with E-state index in [4.69, 9.17) is 4.74 Å². The normalized spacial score (nSPS) is 11.1. The number of methoxy groups -OCH3 is 1. The van der Waals surface area contributed by atoms with Crippen molar-refractivity contribution in [1.82, 2.24) is 0 Å². The van der Waals surface area contributed by atoms with E-state index in [1.54, 1.807) is 0 Å². The molecule has 0 radical (unpaired) electrons. The number of esters is 1. The summed E-state index contributed by atoms with van der Waals surface area (Å²) in [7, 11) is 1.21. The van der Waals surface area contributed by atoms with Gasteiger partial charge in [0.25, 0.3) is 0 Å². The van der Waals surface area contributed by atoms with Crippen LogP contribution in [-0.2, 0) is 10.9 Å². The average molecular weight is 312 g/mol. The van der Waals surface area contributed by atoms with E-state index in [0.29, 0.717) is 6.07 Å². The summed E-state index contributed by atoms with van der Waals surface area (Å²) >= 11 is 0. The molecule has 2 aromatic rings. The van der Waals surface area contributed by atoms with Crippen LogP contribution < -0.4 is 4.74 Å². The summed E-state index contributed by atoms with van der Waals surface area (Å²) in [4.78, 5) is 11.4. The molecule has 0 aliphatic heterocycles. The van der Waals surface area contributed by atoms with E-state index >= 15 is 0 Å². The van der Waals surface area contributed by atoms with Crippen molar-refractivity contribution in [3.8, 4) is 17.2 Å². The monoisotopic (exact) mass is 312 g/mol. The molecule has 0 atom stereocenters. The fourth-order valence-corrected chi connectivity index (χ4v) is 1.75. The molecule has 0 aliphatic carbocycles. The lowest BCUT2D eigenvalue weighted by atomic mass is 10.2. The molecule has 0 aromatic heterocycles. The van der Waals surface area contributed by atoms with Crippen LogP contribution in [0.4, 0.5) is 13.2 Å². The summed E-state index contributed by atoms with van der Waals surface area (Å²) < 4.78 is 47.8. The van der Waals surface area contributed by atoms with Crippen LogP contribution in [0.2, 0.25) is 0 Å². The Balaban J connectivity index is 2.31. The molecule has 0 fully saturated rings. The number of phenolic OH excluding ortho intramolecular Hbond substituents is 1. The Kier molecular flexibility index (Phi) is 4.25. The van der Waals surface area contributed by atoms with Gasteiger partial charge in [0.2, 0.25) is 0 Å². The van der Waals surface area contributed by atoms with E-state index in [1.165, 1.54) is 31.4 Å². The molecule has 22 heavy (non-hydrogen) atoms. The number of hydrogen-bond acceptors (Lipinski definition) is 4. The number of carbonyl (C=O) groups is 1. The highest BCUT2D eigenvalue weighted by molar-refractivity contribution is 5.89. The van der Waals surface area contributed by atoms with Gasteiger partial charge in [-0.15, -0.1) is 0 Å². The number of aromatic hydroxyl groups is 1. The van der Waals surface area contributed by atoms with Crippen LogP contribution in [0.25, 0.3) is 0 Å². The Morgan fingerprint density at radius 2 is 1.82 bits per heavy atom. The van der Waals surface area contributed by atoms with Crippen LogP contribution in [0, 0.1) is 0 Å². The van der Waals surface area contributed by atoms with Crippen LogP contribution in [0.5, 0.6) is 17.2 Å². The molecule has 4 nitrogen and oxygen atoms in total. The summed E-state index contributed by atoms with van der Waals surface area (Å²) in [5, 5.41) is 9.36. The standard InChI is InChI=1S/C15H11F3O4/c1-21-14(20)9-3-2-4-12(5-9)22-13-7-10(15(16,17)18)6-11(19)8-13/h2-8,19H,1H3. The number of benzene rings is 2. The van der Waals surface area contributed by atoms with Crippen molar-refractivity contribution < 1.29 is 32.5 Å². The number of phenols is 1. The molecule has 116 valence electrons. The molecule has 2 aromatic carbocycles. The van der Waals surface area contributed by atoms with Crippen molar-refractivity contribution in [2.45, 2.75) is 6.18 Å². The highest BCUT2D eigenvalue weighted by Crippen LogP contribution is 2.35. The van der Waals surface area contributed by atoms with Crippen LogP contribution in [0.15, 0.2) is 42.5 Å². The zero-order valence-electron chi connectivity index (χ0n) is 11.3. The maximum absolute atomic E-state index is 12.7. The van der Waals surface area contributed by atoms with Crippen LogP contribution in [-0.4, -0.2) is 18.2 Å². The first-order valence-corrected chi connectivity index (χ1v) is 6.07. The minimum atomic E-state index is -4.61. The first kappa shape index (κ1) is 15.7.